The van der Waals surface area contributed by atoms with E-state index in [1.807, 2.05) is 0 Å². The summed E-state index contributed by atoms with van der Waals surface area (Å²) in [5.74, 6) is 0.0930. The number of hydrogen-bond donors (Lipinski definition) is 1. The van der Waals surface area contributed by atoms with E-state index in [4.69, 9.17) is 10.5 Å². The third kappa shape index (κ3) is 1.78. The average Bonchev–Trinajstić information content (AvgIpc) is 2.30. The molecule has 85 valence electrons. The summed E-state index contributed by atoms with van der Waals surface area (Å²) in [4.78, 5) is 3.88. The van der Waals surface area contributed by atoms with Gasteiger partial charge in [-0.2, -0.15) is 0 Å². The zero-order valence-corrected chi connectivity index (χ0v) is 8.49. The average molecular weight is 225 g/mol. The Morgan fingerprint density at radius 2 is 2.38 bits per heavy atom. The first-order valence-electron chi connectivity index (χ1n) is 4.82. The van der Waals surface area contributed by atoms with E-state index in [-0.39, 0.29) is 19.0 Å². The van der Waals surface area contributed by atoms with Gasteiger partial charge in [0, 0.05) is 0 Å². The van der Waals surface area contributed by atoms with Gasteiger partial charge in [0.05, 0.1) is 6.61 Å². The third-order valence-electron chi connectivity index (χ3n) is 2.48. The van der Waals surface area contributed by atoms with E-state index < -0.39 is 12.0 Å². The van der Waals surface area contributed by atoms with Crippen molar-refractivity contribution in [2.45, 2.75) is 12.0 Å². The fourth-order valence-electron chi connectivity index (χ4n) is 1.68. The summed E-state index contributed by atoms with van der Waals surface area (Å²) >= 11 is 0. The number of hydrogen-bond acceptors (Lipinski definition) is 3. The molecule has 0 bridgehead atoms. The molecule has 1 unspecified atom stereocenters. The minimum Gasteiger partial charge on any atom is -0.385 e. The summed E-state index contributed by atoms with van der Waals surface area (Å²) in [5.41, 5.74) is 4.15. The maximum absolute atomic E-state index is 13.2. The van der Waals surface area contributed by atoms with E-state index >= 15 is 0 Å². The Morgan fingerprint density at radius 1 is 1.56 bits per heavy atom. The van der Waals surface area contributed by atoms with Crippen LogP contribution in [-0.2, 0) is 10.3 Å². The van der Waals surface area contributed by atoms with E-state index in [2.05, 4.69) is 11.1 Å². The maximum atomic E-state index is 13.2. The van der Waals surface area contributed by atoms with Gasteiger partial charge in [-0.3, -0.25) is 4.99 Å². The predicted octanol–water partition coefficient (Wildman–Crippen LogP) is 1.33. The van der Waals surface area contributed by atoms with Crippen molar-refractivity contribution in [3.05, 3.63) is 35.9 Å². The Kier molecular flexibility index (Phi) is 2.87. The number of rotatable bonds is 2. The minimum atomic E-state index is -2.66. The quantitative estimate of drug-likeness (QED) is 0.825. The molecule has 0 amide bonds. The highest BCUT2D eigenvalue weighted by Crippen LogP contribution is 2.34. The van der Waals surface area contributed by atoms with E-state index in [9.17, 15) is 8.78 Å². The third-order valence-corrected chi connectivity index (χ3v) is 2.48. The highest BCUT2D eigenvalue weighted by atomic mass is 19.3. The molecule has 2 N–H and O–H groups in total. The molecule has 0 fully saturated rings. The molecule has 0 saturated heterocycles. The van der Waals surface area contributed by atoms with Gasteiger partial charge in [-0.25, -0.2) is 8.78 Å². The van der Waals surface area contributed by atoms with Crippen LogP contribution in [-0.4, -0.2) is 25.5 Å². The van der Waals surface area contributed by atoms with Crippen molar-refractivity contribution in [3.63, 3.8) is 0 Å². The van der Waals surface area contributed by atoms with Crippen molar-refractivity contribution in [2.24, 2.45) is 10.7 Å². The smallest absolute Gasteiger partial charge is 0.269 e. The number of nitrogens with two attached hydrogens (primary N) is 1. The van der Waals surface area contributed by atoms with E-state index in [1.165, 1.54) is 6.07 Å². The SMILES string of the molecule is NC1=NC(c2c[c]ccc2)(C(F)F)COC1. The lowest BCUT2D eigenvalue weighted by molar-refractivity contribution is -0.0129. The number of ether oxygens (including phenoxy) is 1. The van der Waals surface area contributed by atoms with Crippen LogP contribution in [0, 0.1) is 6.07 Å². The molecule has 1 atom stereocenters. The van der Waals surface area contributed by atoms with Gasteiger partial charge in [0.15, 0.2) is 5.54 Å². The van der Waals surface area contributed by atoms with Crippen LogP contribution >= 0.6 is 0 Å². The van der Waals surface area contributed by atoms with Gasteiger partial charge < -0.3 is 10.5 Å². The van der Waals surface area contributed by atoms with Crippen LogP contribution < -0.4 is 5.73 Å². The molecule has 1 aromatic rings. The Hall–Kier alpha value is -1.49. The largest absolute Gasteiger partial charge is 0.385 e. The second-order valence-corrected chi connectivity index (χ2v) is 3.61. The first kappa shape index (κ1) is 11.0. The summed E-state index contributed by atoms with van der Waals surface area (Å²) in [6, 6.07) is 9.09. The van der Waals surface area contributed by atoms with Crippen LogP contribution in [0.2, 0.25) is 0 Å². The molecule has 1 radical (unpaired) electrons. The van der Waals surface area contributed by atoms with Gasteiger partial charge in [0.2, 0.25) is 0 Å². The highest BCUT2D eigenvalue weighted by molar-refractivity contribution is 5.82. The van der Waals surface area contributed by atoms with Crippen molar-refractivity contribution in [3.8, 4) is 0 Å². The number of alkyl halides is 2. The predicted molar refractivity (Wildman–Crippen MR) is 55.4 cm³/mol. The molecule has 0 spiro atoms. The summed E-state index contributed by atoms with van der Waals surface area (Å²) in [5, 5.41) is 0. The monoisotopic (exact) mass is 225 g/mol. The molecule has 5 heteroatoms. The lowest BCUT2D eigenvalue weighted by Crippen LogP contribution is -2.44. The Bertz CT molecular complexity index is 394. The van der Waals surface area contributed by atoms with Crippen LogP contribution in [0.4, 0.5) is 8.78 Å². The molecule has 0 saturated carbocycles. The molecular weight excluding hydrogens is 214 g/mol. The molecule has 16 heavy (non-hydrogen) atoms. The van der Waals surface area contributed by atoms with Crippen LogP contribution in [0.25, 0.3) is 0 Å². The molecule has 1 aliphatic rings. The van der Waals surface area contributed by atoms with E-state index in [0.29, 0.717) is 5.56 Å². The normalized spacial score (nSPS) is 25.6. The first-order chi connectivity index (χ1) is 7.65. The lowest BCUT2D eigenvalue weighted by Gasteiger charge is -2.32. The van der Waals surface area contributed by atoms with Crippen LogP contribution in [0.15, 0.2) is 29.3 Å². The second kappa shape index (κ2) is 4.17. The topological polar surface area (TPSA) is 47.6 Å². The summed E-state index contributed by atoms with van der Waals surface area (Å²) < 4.78 is 31.4. The number of aliphatic imine (C=N–C) groups is 1. The van der Waals surface area contributed by atoms with Crippen molar-refractivity contribution in [1.29, 1.82) is 0 Å². The Labute approximate surface area is 91.9 Å². The first-order valence-corrected chi connectivity index (χ1v) is 4.82. The molecular formula is C11H11F2N2O. The molecule has 3 nitrogen and oxygen atoms in total. The van der Waals surface area contributed by atoms with Crippen LogP contribution in [0.5, 0.6) is 0 Å². The van der Waals surface area contributed by atoms with Gasteiger partial charge in [0.25, 0.3) is 6.43 Å². The summed E-state index contributed by atoms with van der Waals surface area (Å²) in [6.45, 7) is -0.0613. The van der Waals surface area contributed by atoms with Crippen molar-refractivity contribution in [1.82, 2.24) is 0 Å². The standard InChI is InChI=1S/C11H11F2N2O/c12-10(13)11(7-16-6-9(14)15-11)8-4-2-1-3-5-8/h1-2,4-5,10H,6-7H2,(H2,14,15). The number of amidine groups is 1. The fourth-order valence-corrected chi connectivity index (χ4v) is 1.68. The zero-order valence-electron chi connectivity index (χ0n) is 8.49. The van der Waals surface area contributed by atoms with E-state index in [1.54, 1.807) is 18.2 Å². The van der Waals surface area contributed by atoms with Crippen LogP contribution in [0.1, 0.15) is 5.56 Å². The van der Waals surface area contributed by atoms with Crippen molar-refractivity contribution in [2.75, 3.05) is 13.2 Å². The van der Waals surface area contributed by atoms with E-state index in [0.717, 1.165) is 0 Å². The van der Waals surface area contributed by atoms with Gasteiger partial charge in [-0.05, 0) is 17.7 Å². The maximum Gasteiger partial charge on any atom is 0.269 e. The zero-order chi connectivity index (χ0) is 11.6. The van der Waals surface area contributed by atoms with Gasteiger partial charge in [0.1, 0.15) is 12.4 Å². The molecule has 0 aliphatic carbocycles. The molecule has 1 aliphatic heterocycles. The number of halogens is 2. The Balaban J connectivity index is 2.48. The highest BCUT2D eigenvalue weighted by Gasteiger charge is 2.44. The summed E-state index contributed by atoms with van der Waals surface area (Å²) in [7, 11) is 0. The molecule has 0 aromatic heterocycles. The van der Waals surface area contributed by atoms with Crippen molar-refractivity contribution >= 4 is 5.84 Å². The second-order valence-electron chi connectivity index (χ2n) is 3.61. The minimum absolute atomic E-state index is 0.0930. The number of nitrogens with zero attached hydrogens (tertiary/aromatic N) is 1. The summed E-state index contributed by atoms with van der Waals surface area (Å²) in [6.07, 6.45) is -2.66. The van der Waals surface area contributed by atoms with Gasteiger partial charge in [-0.15, -0.1) is 0 Å². The number of benzene rings is 1. The Morgan fingerprint density at radius 3 is 2.94 bits per heavy atom. The van der Waals surface area contributed by atoms with Crippen LogP contribution in [0.3, 0.4) is 0 Å². The molecule has 2 rings (SSSR count). The molecule has 1 aromatic carbocycles. The van der Waals surface area contributed by atoms with Gasteiger partial charge in [-0.1, -0.05) is 18.2 Å². The lowest BCUT2D eigenvalue weighted by atomic mass is 9.91. The van der Waals surface area contributed by atoms with Crippen molar-refractivity contribution < 1.29 is 13.5 Å². The van der Waals surface area contributed by atoms with Gasteiger partial charge >= 0.3 is 0 Å². The molecule has 1 heterocycles. The fraction of sp³-hybridized carbons (Fsp3) is 0.364.